The van der Waals surface area contributed by atoms with Gasteiger partial charge in [-0.1, -0.05) is 35.9 Å². The first-order chi connectivity index (χ1) is 9.63. The molecule has 2 aromatic rings. The molecule has 0 spiro atoms. The summed E-state index contributed by atoms with van der Waals surface area (Å²) in [7, 11) is 2.96. The van der Waals surface area contributed by atoms with Crippen molar-refractivity contribution in [2.45, 2.75) is 6.42 Å². The van der Waals surface area contributed by atoms with E-state index in [1.165, 1.54) is 7.11 Å². The molecule has 0 heterocycles. The zero-order chi connectivity index (χ0) is 14.5. The summed E-state index contributed by atoms with van der Waals surface area (Å²) in [5.41, 5.74) is 2.64. The number of halogens is 1. The van der Waals surface area contributed by atoms with Crippen LogP contribution in [0.25, 0.3) is 11.1 Å². The molecule has 0 fully saturated rings. The number of hydrogen-bond acceptors (Lipinski definition) is 3. The monoisotopic (exact) mass is 290 g/mol. The van der Waals surface area contributed by atoms with Crippen LogP contribution in [0.1, 0.15) is 5.56 Å². The Hall–Kier alpha value is -2.00. The first-order valence-electron chi connectivity index (χ1n) is 6.13. The van der Waals surface area contributed by atoms with Gasteiger partial charge in [0.15, 0.2) is 0 Å². The van der Waals surface area contributed by atoms with E-state index < -0.39 is 0 Å². The molecule has 0 aliphatic carbocycles. The van der Waals surface area contributed by atoms with Crippen molar-refractivity contribution in [2.75, 3.05) is 14.2 Å². The zero-order valence-corrected chi connectivity index (χ0v) is 12.1. The van der Waals surface area contributed by atoms with Crippen LogP contribution in [0.15, 0.2) is 42.5 Å². The molecule has 20 heavy (non-hydrogen) atoms. The number of hydrogen-bond donors (Lipinski definition) is 0. The van der Waals surface area contributed by atoms with E-state index in [-0.39, 0.29) is 12.4 Å². The highest BCUT2D eigenvalue weighted by molar-refractivity contribution is 6.33. The average molecular weight is 291 g/mol. The topological polar surface area (TPSA) is 35.5 Å². The lowest BCUT2D eigenvalue weighted by Gasteiger charge is -2.10. The Morgan fingerprint density at radius 3 is 2.55 bits per heavy atom. The molecule has 0 saturated heterocycles. The Morgan fingerprint density at radius 2 is 1.90 bits per heavy atom. The van der Waals surface area contributed by atoms with E-state index in [0.29, 0.717) is 10.8 Å². The first-order valence-corrected chi connectivity index (χ1v) is 6.51. The summed E-state index contributed by atoms with van der Waals surface area (Å²) in [6, 6.07) is 13.2. The van der Waals surface area contributed by atoms with E-state index in [1.54, 1.807) is 7.11 Å². The molecule has 0 aliphatic rings. The highest BCUT2D eigenvalue weighted by Crippen LogP contribution is 2.31. The van der Waals surface area contributed by atoms with Gasteiger partial charge in [-0.15, -0.1) is 0 Å². The van der Waals surface area contributed by atoms with Gasteiger partial charge in [0.1, 0.15) is 5.75 Å². The summed E-state index contributed by atoms with van der Waals surface area (Å²) in [5.74, 6) is 0.393. The largest absolute Gasteiger partial charge is 0.497 e. The van der Waals surface area contributed by atoms with Crippen molar-refractivity contribution < 1.29 is 14.3 Å². The highest BCUT2D eigenvalue weighted by Gasteiger charge is 2.09. The van der Waals surface area contributed by atoms with Crippen LogP contribution >= 0.6 is 11.6 Å². The highest BCUT2D eigenvalue weighted by atomic mass is 35.5. The molecule has 0 radical (unpaired) electrons. The SMILES string of the molecule is COC(=O)Cc1cc(OC)cc(-c2ccccc2Cl)c1. The Labute approximate surface area is 123 Å². The normalized spacial score (nSPS) is 10.2. The molecule has 0 unspecified atom stereocenters. The van der Waals surface area contributed by atoms with E-state index in [9.17, 15) is 4.79 Å². The quantitative estimate of drug-likeness (QED) is 0.805. The number of carbonyl (C=O) groups is 1. The van der Waals surface area contributed by atoms with Crippen LogP contribution in [-0.2, 0) is 16.0 Å². The fourth-order valence-corrected chi connectivity index (χ4v) is 2.22. The molecule has 0 bridgehead atoms. The maximum Gasteiger partial charge on any atom is 0.309 e. The molecule has 3 nitrogen and oxygen atoms in total. The predicted octanol–water partition coefficient (Wildman–Crippen LogP) is 3.73. The Kier molecular flexibility index (Phi) is 4.64. The Balaban J connectivity index is 2.45. The summed E-state index contributed by atoms with van der Waals surface area (Å²) < 4.78 is 9.97. The number of esters is 1. The number of ether oxygens (including phenoxy) is 2. The maximum absolute atomic E-state index is 11.4. The Bertz CT molecular complexity index is 623. The van der Waals surface area contributed by atoms with E-state index in [2.05, 4.69) is 0 Å². The van der Waals surface area contributed by atoms with E-state index in [4.69, 9.17) is 21.1 Å². The van der Waals surface area contributed by atoms with Gasteiger partial charge in [0.25, 0.3) is 0 Å². The summed E-state index contributed by atoms with van der Waals surface area (Å²) in [6.45, 7) is 0. The van der Waals surface area contributed by atoms with Crippen LogP contribution in [0.4, 0.5) is 0 Å². The third-order valence-corrected chi connectivity index (χ3v) is 3.29. The van der Waals surface area contributed by atoms with Crippen molar-refractivity contribution in [2.24, 2.45) is 0 Å². The van der Waals surface area contributed by atoms with Crippen molar-refractivity contribution in [3.8, 4) is 16.9 Å². The van der Waals surface area contributed by atoms with Gasteiger partial charge in [-0.25, -0.2) is 0 Å². The van der Waals surface area contributed by atoms with Crippen LogP contribution < -0.4 is 4.74 Å². The lowest BCUT2D eigenvalue weighted by Crippen LogP contribution is -2.04. The number of carbonyl (C=O) groups excluding carboxylic acids is 1. The van der Waals surface area contributed by atoms with Gasteiger partial charge in [-0.2, -0.15) is 0 Å². The van der Waals surface area contributed by atoms with Gasteiger partial charge in [-0.3, -0.25) is 4.79 Å². The van der Waals surface area contributed by atoms with Gasteiger partial charge in [0, 0.05) is 10.6 Å². The molecule has 0 N–H and O–H groups in total. The van der Waals surface area contributed by atoms with Crippen molar-refractivity contribution >= 4 is 17.6 Å². The van der Waals surface area contributed by atoms with Gasteiger partial charge in [0.2, 0.25) is 0 Å². The molecule has 0 saturated carbocycles. The van der Waals surface area contributed by atoms with Crippen molar-refractivity contribution in [3.05, 3.63) is 53.1 Å². The summed E-state index contributed by atoms with van der Waals surface area (Å²) in [5, 5.41) is 0.657. The third-order valence-electron chi connectivity index (χ3n) is 2.96. The van der Waals surface area contributed by atoms with E-state index >= 15 is 0 Å². The number of methoxy groups -OCH3 is 2. The number of benzene rings is 2. The summed E-state index contributed by atoms with van der Waals surface area (Å²) in [6.07, 6.45) is 0.200. The lowest BCUT2D eigenvalue weighted by atomic mass is 10.0. The predicted molar refractivity (Wildman–Crippen MR) is 79.2 cm³/mol. The summed E-state index contributed by atoms with van der Waals surface area (Å²) in [4.78, 5) is 11.4. The van der Waals surface area contributed by atoms with Crippen LogP contribution in [-0.4, -0.2) is 20.2 Å². The van der Waals surface area contributed by atoms with Crippen molar-refractivity contribution in [1.29, 1.82) is 0 Å². The molecule has 2 aromatic carbocycles. The van der Waals surface area contributed by atoms with Crippen LogP contribution in [0.5, 0.6) is 5.75 Å². The standard InChI is InChI=1S/C16H15ClO3/c1-19-13-8-11(9-16(18)20-2)7-12(10-13)14-5-3-4-6-15(14)17/h3-8,10H,9H2,1-2H3. The molecule has 0 atom stereocenters. The minimum Gasteiger partial charge on any atom is -0.497 e. The molecule has 2 rings (SSSR count). The van der Waals surface area contributed by atoms with Crippen LogP contribution in [0, 0.1) is 0 Å². The molecule has 104 valence electrons. The van der Waals surface area contributed by atoms with Crippen LogP contribution in [0.3, 0.4) is 0 Å². The van der Waals surface area contributed by atoms with E-state index in [0.717, 1.165) is 16.7 Å². The summed E-state index contributed by atoms with van der Waals surface area (Å²) >= 11 is 6.21. The molecule has 0 aromatic heterocycles. The number of rotatable bonds is 4. The third kappa shape index (κ3) is 3.31. The maximum atomic E-state index is 11.4. The second-order valence-electron chi connectivity index (χ2n) is 4.30. The molecular formula is C16H15ClO3. The van der Waals surface area contributed by atoms with Gasteiger partial charge in [0.05, 0.1) is 20.6 Å². The van der Waals surface area contributed by atoms with Crippen molar-refractivity contribution in [3.63, 3.8) is 0 Å². The molecular weight excluding hydrogens is 276 g/mol. The molecule has 0 amide bonds. The smallest absolute Gasteiger partial charge is 0.309 e. The minimum atomic E-state index is -0.289. The average Bonchev–Trinajstić information content (AvgIpc) is 2.47. The fraction of sp³-hybridized carbons (Fsp3) is 0.188. The van der Waals surface area contributed by atoms with Crippen LogP contribution in [0.2, 0.25) is 5.02 Å². The first kappa shape index (κ1) is 14.4. The molecule has 0 aliphatic heterocycles. The van der Waals surface area contributed by atoms with Gasteiger partial charge < -0.3 is 9.47 Å². The van der Waals surface area contributed by atoms with Crippen molar-refractivity contribution in [1.82, 2.24) is 0 Å². The molecule has 4 heteroatoms. The second kappa shape index (κ2) is 6.44. The fourth-order valence-electron chi connectivity index (χ4n) is 1.97. The van der Waals surface area contributed by atoms with E-state index in [1.807, 2.05) is 42.5 Å². The second-order valence-corrected chi connectivity index (χ2v) is 4.71. The minimum absolute atomic E-state index is 0.200. The Morgan fingerprint density at radius 1 is 1.15 bits per heavy atom. The van der Waals surface area contributed by atoms with Gasteiger partial charge >= 0.3 is 5.97 Å². The van der Waals surface area contributed by atoms with Gasteiger partial charge in [-0.05, 0) is 29.3 Å². The lowest BCUT2D eigenvalue weighted by molar-refractivity contribution is -0.139. The zero-order valence-electron chi connectivity index (χ0n) is 11.4.